The number of aromatic nitrogens is 1. The van der Waals surface area contributed by atoms with Crippen LogP contribution < -0.4 is 4.74 Å². The van der Waals surface area contributed by atoms with Gasteiger partial charge in [0.1, 0.15) is 10.8 Å². The quantitative estimate of drug-likeness (QED) is 0.640. The third-order valence-corrected chi connectivity index (χ3v) is 3.65. The fourth-order valence-electron chi connectivity index (χ4n) is 1.69. The Balaban J connectivity index is 2.45. The van der Waals surface area contributed by atoms with E-state index in [9.17, 15) is 4.79 Å². The predicted octanol–water partition coefficient (Wildman–Crippen LogP) is 3.17. The minimum Gasteiger partial charge on any atom is -0.497 e. The highest BCUT2D eigenvalue weighted by Crippen LogP contribution is 2.24. The molecule has 104 valence electrons. The Bertz CT molecular complexity index is 646. The maximum Gasteiger partial charge on any atom is 0.340 e. The molecule has 0 aliphatic rings. The summed E-state index contributed by atoms with van der Waals surface area (Å²) in [4.78, 5) is 16.3. The van der Waals surface area contributed by atoms with Crippen molar-refractivity contribution in [3.8, 4) is 5.75 Å². The maximum absolute atomic E-state index is 11.9. The van der Waals surface area contributed by atoms with Crippen LogP contribution in [0.5, 0.6) is 5.75 Å². The Morgan fingerprint density at radius 1 is 1.35 bits per heavy atom. The van der Waals surface area contributed by atoms with Gasteiger partial charge in [-0.15, -0.1) is 11.3 Å². The molecule has 2 rings (SSSR count). The Morgan fingerprint density at radius 2 is 2.15 bits per heavy atom. The molecule has 2 aromatic rings. The second-order valence-corrected chi connectivity index (χ2v) is 4.98. The molecule has 0 fully saturated rings. The molecule has 4 nitrogen and oxygen atoms in total. The summed E-state index contributed by atoms with van der Waals surface area (Å²) in [5.41, 5.74) is 2.18. The number of rotatable bonds is 4. The molecule has 0 radical (unpaired) electrons. The first-order valence-corrected chi connectivity index (χ1v) is 6.88. The monoisotopic (exact) mass is 289 g/mol. The molecule has 0 N–H and O–H groups in total. The van der Waals surface area contributed by atoms with Gasteiger partial charge in [-0.2, -0.15) is 0 Å². The molecule has 5 heteroatoms. The van der Waals surface area contributed by atoms with E-state index in [0.29, 0.717) is 10.6 Å². The zero-order chi connectivity index (χ0) is 14.5. The lowest BCUT2D eigenvalue weighted by molar-refractivity contribution is -0.133. The number of ether oxygens (including phenoxy) is 2. The van der Waals surface area contributed by atoms with Gasteiger partial charge in [-0.05, 0) is 30.7 Å². The van der Waals surface area contributed by atoms with E-state index in [2.05, 4.69) is 4.98 Å². The second kappa shape index (κ2) is 6.34. The van der Waals surface area contributed by atoms with Crippen LogP contribution >= 0.6 is 11.3 Å². The van der Waals surface area contributed by atoms with Crippen molar-refractivity contribution in [1.29, 1.82) is 0 Å². The fourth-order valence-corrected chi connectivity index (χ4v) is 2.49. The predicted molar refractivity (Wildman–Crippen MR) is 79.7 cm³/mol. The smallest absolute Gasteiger partial charge is 0.340 e. The Morgan fingerprint density at radius 3 is 2.75 bits per heavy atom. The first-order chi connectivity index (χ1) is 9.63. The number of carbonyl (C=O) groups excluding carboxylic acids is 1. The van der Waals surface area contributed by atoms with Gasteiger partial charge < -0.3 is 9.47 Å². The van der Waals surface area contributed by atoms with E-state index >= 15 is 0 Å². The van der Waals surface area contributed by atoms with Crippen LogP contribution in [-0.2, 0) is 9.53 Å². The van der Waals surface area contributed by atoms with Crippen molar-refractivity contribution in [3.63, 3.8) is 0 Å². The molecule has 1 aromatic heterocycles. The van der Waals surface area contributed by atoms with Crippen LogP contribution in [0.25, 0.3) is 11.6 Å². The molecule has 1 heterocycles. The van der Waals surface area contributed by atoms with E-state index in [1.54, 1.807) is 13.2 Å². The maximum atomic E-state index is 11.9. The Labute approximate surface area is 121 Å². The highest BCUT2D eigenvalue weighted by molar-refractivity contribution is 7.11. The van der Waals surface area contributed by atoms with E-state index < -0.39 is 5.97 Å². The number of carbonyl (C=O) groups is 1. The van der Waals surface area contributed by atoms with Crippen LogP contribution in [0.1, 0.15) is 16.3 Å². The molecular weight excluding hydrogens is 274 g/mol. The van der Waals surface area contributed by atoms with Crippen molar-refractivity contribution in [2.24, 2.45) is 0 Å². The van der Waals surface area contributed by atoms with Crippen LogP contribution in [0, 0.1) is 6.92 Å². The lowest BCUT2D eigenvalue weighted by atomic mass is 10.1. The van der Waals surface area contributed by atoms with E-state index in [1.807, 2.05) is 36.6 Å². The molecule has 0 amide bonds. The normalized spacial score (nSPS) is 11.2. The van der Waals surface area contributed by atoms with Crippen molar-refractivity contribution >= 4 is 29.0 Å². The van der Waals surface area contributed by atoms with E-state index in [0.717, 1.165) is 17.0 Å². The number of thiazole rings is 1. The topological polar surface area (TPSA) is 48.4 Å². The van der Waals surface area contributed by atoms with Gasteiger partial charge in [0.15, 0.2) is 0 Å². The van der Waals surface area contributed by atoms with Crippen LogP contribution in [0.4, 0.5) is 0 Å². The van der Waals surface area contributed by atoms with Crippen molar-refractivity contribution in [3.05, 3.63) is 45.9 Å². The highest BCUT2D eigenvalue weighted by Gasteiger charge is 2.16. The molecule has 0 spiro atoms. The summed E-state index contributed by atoms with van der Waals surface area (Å²) >= 11 is 1.42. The molecule has 1 aromatic carbocycles. The number of esters is 1. The molecule has 0 unspecified atom stereocenters. The number of nitrogens with zero attached hydrogens (tertiary/aromatic N) is 1. The molecule has 0 saturated carbocycles. The molecule has 20 heavy (non-hydrogen) atoms. The average Bonchev–Trinajstić information content (AvgIpc) is 2.90. The second-order valence-electron chi connectivity index (χ2n) is 4.12. The Hall–Kier alpha value is -2.14. The van der Waals surface area contributed by atoms with Gasteiger partial charge in [-0.25, -0.2) is 9.78 Å². The van der Waals surface area contributed by atoms with E-state index in [1.165, 1.54) is 18.4 Å². The summed E-state index contributed by atoms with van der Waals surface area (Å²) in [5, 5.41) is 2.55. The first-order valence-electron chi connectivity index (χ1n) is 6.00. The molecule has 0 aliphatic heterocycles. The largest absolute Gasteiger partial charge is 0.497 e. The van der Waals surface area contributed by atoms with Crippen LogP contribution in [0.15, 0.2) is 29.6 Å². The van der Waals surface area contributed by atoms with Gasteiger partial charge >= 0.3 is 5.97 Å². The van der Waals surface area contributed by atoms with Crippen LogP contribution in [0.3, 0.4) is 0 Å². The summed E-state index contributed by atoms with van der Waals surface area (Å²) < 4.78 is 10.0. The van der Waals surface area contributed by atoms with Gasteiger partial charge in [-0.3, -0.25) is 0 Å². The lowest BCUT2D eigenvalue weighted by Gasteiger charge is -2.04. The van der Waals surface area contributed by atoms with E-state index in [4.69, 9.17) is 9.47 Å². The zero-order valence-electron chi connectivity index (χ0n) is 11.5. The van der Waals surface area contributed by atoms with Gasteiger partial charge in [-0.1, -0.05) is 12.1 Å². The van der Waals surface area contributed by atoms with E-state index in [-0.39, 0.29) is 0 Å². The summed E-state index contributed by atoms with van der Waals surface area (Å²) in [6, 6.07) is 7.46. The zero-order valence-corrected chi connectivity index (χ0v) is 12.4. The van der Waals surface area contributed by atoms with Crippen molar-refractivity contribution in [2.45, 2.75) is 6.92 Å². The fraction of sp³-hybridized carbons (Fsp3) is 0.200. The lowest BCUT2D eigenvalue weighted by Crippen LogP contribution is -2.03. The standard InChI is InChI=1S/C15H15NO3S/c1-10-9-20-14(16-10)13(15(17)19-3)8-11-5-4-6-12(7-11)18-2/h4-9H,1-3H3/b13-8-. The molecule has 0 bridgehead atoms. The average molecular weight is 289 g/mol. The van der Waals surface area contributed by atoms with Gasteiger partial charge in [0.05, 0.1) is 19.8 Å². The third kappa shape index (κ3) is 3.24. The third-order valence-electron chi connectivity index (χ3n) is 2.66. The summed E-state index contributed by atoms with van der Waals surface area (Å²) in [6.07, 6.45) is 1.76. The molecular formula is C15H15NO3S. The van der Waals surface area contributed by atoms with Crippen LogP contribution in [-0.4, -0.2) is 25.2 Å². The van der Waals surface area contributed by atoms with Crippen LogP contribution in [0.2, 0.25) is 0 Å². The van der Waals surface area contributed by atoms with Gasteiger partial charge in [0, 0.05) is 11.1 Å². The van der Waals surface area contributed by atoms with Crippen molar-refractivity contribution in [1.82, 2.24) is 4.98 Å². The SMILES string of the molecule is COC(=O)/C(=C\c1cccc(OC)c1)c1nc(C)cs1. The first kappa shape index (κ1) is 14.3. The van der Waals surface area contributed by atoms with Crippen molar-refractivity contribution in [2.75, 3.05) is 14.2 Å². The van der Waals surface area contributed by atoms with Gasteiger partial charge in [0.25, 0.3) is 0 Å². The summed E-state index contributed by atoms with van der Waals surface area (Å²) in [5.74, 6) is 0.334. The molecule has 0 saturated heterocycles. The number of methoxy groups -OCH3 is 2. The highest BCUT2D eigenvalue weighted by atomic mass is 32.1. The minimum absolute atomic E-state index is 0.401. The minimum atomic E-state index is -0.401. The number of benzene rings is 1. The Kier molecular flexibility index (Phi) is 4.53. The summed E-state index contributed by atoms with van der Waals surface area (Å²) in [7, 11) is 2.97. The van der Waals surface area contributed by atoms with Gasteiger partial charge in [0.2, 0.25) is 0 Å². The molecule has 0 aliphatic carbocycles. The summed E-state index contributed by atoms with van der Waals surface area (Å²) in [6.45, 7) is 1.89. The number of hydrogen-bond acceptors (Lipinski definition) is 5. The molecule has 0 atom stereocenters. The van der Waals surface area contributed by atoms with Crippen molar-refractivity contribution < 1.29 is 14.3 Å². The number of aryl methyl sites for hydroxylation is 1. The number of hydrogen-bond donors (Lipinski definition) is 0.